The fraction of sp³-hybridized carbons (Fsp3) is 0.389. The van der Waals surface area contributed by atoms with E-state index >= 15 is 0 Å². The van der Waals surface area contributed by atoms with E-state index in [-0.39, 0.29) is 0 Å². The number of fused-ring (bicyclic) bond motifs is 1. The highest BCUT2D eigenvalue weighted by Gasteiger charge is 2.29. The Labute approximate surface area is 141 Å². The summed E-state index contributed by atoms with van der Waals surface area (Å²) in [6.07, 6.45) is 7.24. The summed E-state index contributed by atoms with van der Waals surface area (Å²) >= 11 is 0. The van der Waals surface area contributed by atoms with Crippen molar-refractivity contribution in [2.75, 3.05) is 30.4 Å². The molecule has 1 N–H and O–H groups in total. The molecule has 0 saturated heterocycles. The van der Waals surface area contributed by atoms with E-state index < -0.39 is 0 Å². The standard InChI is InChI=1S/C18H22N6/c1-23(15-6-3-2-4-7-15)12-5-10-19-16-18-22-21-17(14-8-9-14)24(18)13-11-20-16/h2-4,6-7,11,13-14H,5,8-10,12H2,1H3,(H,19,20). The molecule has 6 nitrogen and oxygen atoms in total. The summed E-state index contributed by atoms with van der Waals surface area (Å²) in [6.45, 7) is 1.84. The number of hydrogen-bond acceptors (Lipinski definition) is 5. The Hall–Kier alpha value is -2.63. The summed E-state index contributed by atoms with van der Waals surface area (Å²) in [5.74, 6) is 2.47. The van der Waals surface area contributed by atoms with Gasteiger partial charge in [-0.25, -0.2) is 4.98 Å². The third kappa shape index (κ3) is 3.04. The Bertz CT molecular complexity index is 809. The molecule has 1 aliphatic rings. The van der Waals surface area contributed by atoms with Gasteiger partial charge in [0.05, 0.1) is 0 Å². The topological polar surface area (TPSA) is 58.4 Å². The van der Waals surface area contributed by atoms with Crippen molar-refractivity contribution in [1.82, 2.24) is 19.6 Å². The van der Waals surface area contributed by atoms with E-state index in [1.165, 1.54) is 18.5 Å². The van der Waals surface area contributed by atoms with Crippen LogP contribution in [0.2, 0.25) is 0 Å². The molecule has 1 aromatic carbocycles. The first kappa shape index (κ1) is 14.9. The Kier molecular flexibility index (Phi) is 4.02. The van der Waals surface area contributed by atoms with Crippen molar-refractivity contribution in [3.05, 3.63) is 48.5 Å². The molecule has 1 fully saturated rings. The predicted octanol–water partition coefficient (Wildman–Crippen LogP) is 2.94. The normalized spacial score (nSPS) is 14.0. The zero-order valence-electron chi connectivity index (χ0n) is 13.9. The van der Waals surface area contributed by atoms with E-state index in [9.17, 15) is 0 Å². The zero-order valence-corrected chi connectivity index (χ0v) is 13.9. The molecule has 4 rings (SSSR count). The number of aromatic nitrogens is 4. The highest BCUT2D eigenvalue weighted by molar-refractivity contribution is 5.62. The smallest absolute Gasteiger partial charge is 0.203 e. The molecule has 2 heterocycles. The second-order valence-corrected chi connectivity index (χ2v) is 6.34. The van der Waals surface area contributed by atoms with Gasteiger partial charge in [-0.15, -0.1) is 10.2 Å². The molecule has 1 aliphatic carbocycles. The Balaban J connectivity index is 1.35. The average Bonchev–Trinajstić information content (AvgIpc) is 3.38. The number of anilines is 2. The minimum atomic E-state index is 0.578. The molecule has 3 aromatic rings. The van der Waals surface area contributed by atoms with E-state index in [0.29, 0.717) is 5.92 Å². The van der Waals surface area contributed by atoms with Gasteiger partial charge >= 0.3 is 0 Å². The van der Waals surface area contributed by atoms with Crippen molar-refractivity contribution < 1.29 is 0 Å². The summed E-state index contributed by atoms with van der Waals surface area (Å²) in [6, 6.07) is 10.4. The molecular formula is C18H22N6. The van der Waals surface area contributed by atoms with Gasteiger partial charge in [0.25, 0.3) is 0 Å². The van der Waals surface area contributed by atoms with Crippen LogP contribution in [-0.2, 0) is 0 Å². The van der Waals surface area contributed by atoms with Gasteiger partial charge in [0.15, 0.2) is 5.82 Å². The molecule has 0 aliphatic heterocycles. The molecule has 2 aromatic heterocycles. The molecule has 1 saturated carbocycles. The fourth-order valence-electron chi connectivity index (χ4n) is 2.92. The third-order valence-electron chi connectivity index (χ3n) is 4.46. The summed E-state index contributed by atoms with van der Waals surface area (Å²) < 4.78 is 2.07. The van der Waals surface area contributed by atoms with E-state index in [0.717, 1.165) is 36.8 Å². The fourth-order valence-corrected chi connectivity index (χ4v) is 2.92. The van der Waals surface area contributed by atoms with E-state index in [4.69, 9.17) is 0 Å². The monoisotopic (exact) mass is 322 g/mol. The average molecular weight is 322 g/mol. The van der Waals surface area contributed by atoms with Crippen LogP contribution in [0.1, 0.15) is 31.0 Å². The number of nitrogens with zero attached hydrogens (tertiary/aromatic N) is 5. The second kappa shape index (κ2) is 6.47. The number of nitrogens with one attached hydrogen (secondary N) is 1. The molecule has 0 amide bonds. The molecule has 24 heavy (non-hydrogen) atoms. The number of para-hydroxylation sites is 1. The molecule has 0 bridgehead atoms. The number of benzene rings is 1. The molecule has 0 radical (unpaired) electrons. The first-order valence-corrected chi connectivity index (χ1v) is 8.52. The van der Waals surface area contributed by atoms with Crippen LogP contribution in [0.5, 0.6) is 0 Å². The van der Waals surface area contributed by atoms with E-state index in [1.807, 2.05) is 18.5 Å². The second-order valence-electron chi connectivity index (χ2n) is 6.34. The predicted molar refractivity (Wildman–Crippen MR) is 95.6 cm³/mol. The van der Waals surface area contributed by atoms with Crippen LogP contribution in [-0.4, -0.2) is 39.7 Å². The highest BCUT2D eigenvalue weighted by Crippen LogP contribution is 2.39. The molecular weight excluding hydrogens is 300 g/mol. The zero-order chi connectivity index (χ0) is 16.4. The van der Waals surface area contributed by atoms with Crippen molar-refractivity contribution in [3.8, 4) is 0 Å². The molecule has 0 atom stereocenters. The van der Waals surface area contributed by atoms with Crippen molar-refractivity contribution in [2.24, 2.45) is 0 Å². The van der Waals surface area contributed by atoms with Gasteiger partial charge in [-0.1, -0.05) is 18.2 Å². The van der Waals surface area contributed by atoms with Crippen LogP contribution in [0.3, 0.4) is 0 Å². The first-order valence-electron chi connectivity index (χ1n) is 8.52. The minimum Gasteiger partial charge on any atom is -0.375 e. The number of rotatable bonds is 7. The summed E-state index contributed by atoms with van der Waals surface area (Å²) in [4.78, 5) is 6.69. The SMILES string of the molecule is CN(CCCNc1nccn2c(C3CC3)nnc12)c1ccccc1. The molecule has 124 valence electrons. The summed E-state index contributed by atoms with van der Waals surface area (Å²) in [7, 11) is 2.12. The summed E-state index contributed by atoms with van der Waals surface area (Å²) in [5.41, 5.74) is 2.07. The molecule has 0 spiro atoms. The maximum atomic E-state index is 4.43. The van der Waals surface area contributed by atoms with Crippen molar-refractivity contribution in [2.45, 2.75) is 25.2 Å². The summed E-state index contributed by atoms with van der Waals surface area (Å²) in [5, 5.41) is 12.1. The quantitative estimate of drug-likeness (QED) is 0.678. The maximum absolute atomic E-state index is 4.43. The minimum absolute atomic E-state index is 0.578. The van der Waals surface area contributed by atoms with Crippen LogP contribution in [0, 0.1) is 0 Å². The van der Waals surface area contributed by atoms with Crippen LogP contribution in [0.4, 0.5) is 11.5 Å². The number of hydrogen-bond donors (Lipinski definition) is 1. The van der Waals surface area contributed by atoms with Crippen LogP contribution in [0.25, 0.3) is 5.65 Å². The lowest BCUT2D eigenvalue weighted by Crippen LogP contribution is -2.21. The van der Waals surface area contributed by atoms with Crippen molar-refractivity contribution in [3.63, 3.8) is 0 Å². The van der Waals surface area contributed by atoms with Crippen LogP contribution in [0.15, 0.2) is 42.7 Å². The molecule has 6 heteroatoms. The third-order valence-corrected chi connectivity index (χ3v) is 4.46. The lowest BCUT2D eigenvalue weighted by atomic mass is 10.3. The maximum Gasteiger partial charge on any atom is 0.203 e. The van der Waals surface area contributed by atoms with Crippen molar-refractivity contribution in [1.29, 1.82) is 0 Å². The lowest BCUT2D eigenvalue weighted by molar-refractivity contribution is 0.813. The van der Waals surface area contributed by atoms with Gasteiger partial charge in [0.1, 0.15) is 5.82 Å². The lowest BCUT2D eigenvalue weighted by Gasteiger charge is -2.19. The van der Waals surface area contributed by atoms with Gasteiger partial charge in [-0.3, -0.25) is 4.40 Å². The Morgan fingerprint density at radius 3 is 2.83 bits per heavy atom. The van der Waals surface area contributed by atoms with Gasteiger partial charge in [-0.05, 0) is 31.4 Å². The molecule has 0 unspecified atom stereocenters. The first-order chi connectivity index (χ1) is 11.8. The van der Waals surface area contributed by atoms with Gasteiger partial charge < -0.3 is 10.2 Å². The van der Waals surface area contributed by atoms with Gasteiger partial charge in [-0.2, -0.15) is 0 Å². The Morgan fingerprint density at radius 1 is 1.21 bits per heavy atom. The van der Waals surface area contributed by atoms with E-state index in [1.54, 1.807) is 0 Å². The van der Waals surface area contributed by atoms with Crippen LogP contribution >= 0.6 is 0 Å². The largest absolute Gasteiger partial charge is 0.375 e. The highest BCUT2D eigenvalue weighted by atomic mass is 15.3. The van der Waals surface area contributed by atoms with Crippen LogP contribution < -0.4 is 10.2 Å². The van der Waals surface area contributed by atoms with Crippen molar-refractivity contribution >= 4 is 17.2 Å². The van der Waals surface area contributed by atoms with Gasteiger partial charge in [0.2, 0.25) is 5.65 Å². The van der Waals surface area contributed by atoms with Gasteiger partial charge in [0, 0.05) is 44.1 Å². The van der Waals surface area contributed by atoms with E-state index in [2.05, 4.69) is 61.1 Å². The Morgan fingerprint density at radius 2 is 2.04 bits per heavy atom.